The van der Waals surface area contributed by atoms with E-state index in [4.69, 9.17) is 10.5 Å². The number of rotatable bonds is 1. The smallest absolute Gasteiger partial charge is 0.416 e. The average Bonchev–Trinajstić information content (AvgIpc) is 2.62. The number of nitrogen functional groups attached to an aromatic ring is 1. The van der Waals surface area contributed by atoms with Crippen molar-refractivity contribution >= 4 is 5.82 Å². The molecule has 4 N–H and O–H groups in total. The summed E-state index contributed by atoms with van der Waals surface area (Å²) >= 11 is 0. The molecule has 9 heteroatoms. The van der Waals surface area contributed by atoms with Crippen LogP contribution in [0, 0.1) is 0 Å². The van der Waals surface area contributed by atoms with Gasteiger partial charge in [-0.05, 0) is 36.1 Å². The van der Waals surface area contributed by atoms with Crippen molar-refractivity contribution in [1.29, 1.82) is 0 Å². The van der Waals surface area contributed by atoms with Crippen molar-refractivity contribution in [2.24, 2.45) is 0 Å². The molecule has 0 amide bonds. The highest BCUT2D eigenvalue weighted by molar-refractivity contribution is 5.75. The molecule has 2 heterocycles. The number of phenols is 1. The quantitative estimate of drug-likeness (QED) is 0.726. The molecule has 1 aliphatic heterocycles. The van der Waals surface area contributed by atoms with E-state index in [0.717, 1.165) is 6.07 Å². The summed E-state index contributed by atoms with van der Waals surface area (Å²) in [7, 11) is 0. The molecule has 0 spiro atoms. The number of aliphatic hydroxyl groups excluding tert-OH is 1. The van der Waals surface area contributed by atoms with Crippen LogP contribution in [0.3, 0.4) is 0 Å². The zero-order chi connectivity index (χ0) is 18.2. The number of hydrogen-bond acceptors (Lipinski definition) is 6. The SMILES string of the molecule is Nc1nnc2c(c1CO)CCCOCc1cc(C(F)(F)F)cc(O)c1-2. The molecule has 134 valence electrons. The number of aliphatic hydroxyl groups is 1. The van der Waals surface area contributed by atoms with Gasteiger partial charge in [-0.1, -0.05) is 0 Å². The van der Waals surface area contributed by atoms with Crippen LogP contribution in [0.25, 0.3) is 11.3 Å². The molecule has 0 bridgehead atoms. The summed E-state index contributed by atoms with van der Waals surface area (Å²) in [5.74, 6) is -0.520. The van der Waals surface area contributed by atoms with E-state index in [0.29, 0.717) is 36.6 Å². The Hall–Kier alpha value is -2.39. The third kappa shape index (κ3) is 3.24. The number of alkyl halides is 3. The minimum absolute atomic E-state index is 0.0503. The molecule has 1 aliphatic rings. The molecular formula is C16H16F3N3O3. The minimum atomic E-state index is -4.60. The Kier molecular flexibility index (Phi) is 4.53. The number of phenolic OH excluding ortho intramolecular Hbond substituents is 1. The number of halogens is 3. The summed E-state index contributed by atoms with van der Waals surface area (Å²) < 4.78 is 44.5. The lowest BCUT2D eigenvalue weighted by atomic mass is 9.93. The summed E-state index contributed by atoms with van der Waals surface area (Å²) in [6.45, 7) is -0.184. The van der Waals surface area contributed by atoms with Crippen molar-refractivity contribution in [3.8, 4) is 17.0 Å². The first-order chi connectivity index (χ1) is 11.8. The fourth-order valence-corrected chi connectivity index (χ4v) is 2.94. The summed E-state index contributed by atoms with van der Waals surface area (Å²) in [6, 6.07) is 1.58. The van der Waals surface area contributed by atoms with E-state index in [1.54, 1.807) is 0 Å². The van der Waals surface area contributed by atoms with Crippen molar-refractivity contribution in [1.82, 2.24) is 10.2 Å². The van der Waals surface area contributed by atoms with Gasteiger partial charge in [0, 0.05) is 17.7 Å². The van der Waals surface area contributed by atoms with Gasteiger partial charge in [0.1, 0.15) is 11.4 Å². The summed E-state index contributed by atoms with van der Waals surface area (Å²) in [5, 5.41) is 27.6. The number of nitrogens with two attached hydrogens (primary N) is 1. The van der Waals surface area contributed by atoms with Crippen LogP contribution >= 0.6 is 0 Å². The molecule has 0 saturated heterocycles. The normalized spacial score (nSPS) is 14.9. The molecule has 0 radical (unpaired) electrons. The number of nitrogens with zero attached hydrogens (tertiary/aromatic N) is 2. The number of hydrogen-bond donors (Lipinski definition) is 3. The van der Waals surface area contributed by atoms with Gasteiger partial charge in [0.15, 0.2) is 5.82 Å². The first kappa shape index (κ1) is 17.4. The molecule has 0 unspecified atom stereocenters. The van der Waals surface area contributed by atoms with Gasteiger partial charge in [-0.25, -0.2) is 0 Å². The first-order valence-corrected chi connectivity index (χ1v) is 7.59. The Balaban J connectivity index is 2.29. The Labute approximate surface area is 141 Å². The molecule has 0 saturated carbocycles. The van der Waals surface area contributed by atoms with Gasteiger partial charge in [-0.15, -0.1) is 10.2 Å². The van der Waals surface area contributed by atoms with E-state index in [2.05, 4.69) is 10.2 Å². The fourth-order valence-electron chi connectivity index (χ4n) is 2.94. The topological polar surface area (TPSA) is 101 Å². The summed E-state index contributed by atoms with van der Waals surface area (Å²) in [6.07, 6.45) is -3.60. The lowest BCUT2D eigenvalue weighted by Crippen LogP contribution is -2.10. The number of aromatic hydroxyl groups is 1. The Bertz CT molecular complexity index is 809. The lowest BCUT2D eigenvalue weighted by molar-refractivity contribution is -0.137. The van der Waals surface area contributed by atoms with Crippen molar-refractivity contribution in [3.63, 3.8) is 0 Å². The maximum absolute atomic E-state index is 13.0. The minimum Gasteiger partial charge on any atom is -0.507 e. The molecule has 0 fully saturated rings. The standard InChI is InChI=1S/C16H16F3N3O3/c17-16(18,19)9-4-8-7-25-3-1-2-10-11(6-23)15(20)22-21-14(10)13(8)12(24)5-9/h4-5,23-24H,1-3,6-7H2,(H2,20,22). The van der Waals surface area contributed by atoms with E-state index in [-0.39, 0.29) is 35.9 Å². The summed E-state index contributed by atoms with van der Waals surface area (Å²) in [5.41, 5.74) is 6.17. The van der Waals surface area contributed by atoms with E-state index in [1.165, 1.54) is 0 Å². The van der Waals surface area contributed by atoms with Crippen LogP contribution in [0.1, 0.15) is 28.7 Å². The summed E-state index contributed by atoms with van der Waals surface area (Å²) in [4.78, 5) is 0. The second kappa shape index (κ2) is 6.49. The molecule has 0 atom stereocenters. The number of fused-ring (bicyclic) bond motifs is 3. The van der Waals surface area contributed by atoms with Crippen molar-refractivity contribution < 1.29 is 28.1 Å². The molecule has 1 aromatic heterocycles. The first-order valence-electron chi connectivity index (χ1n) is 7.59. The van der Waals surface area contributed by atoms with Crippen LogP contribution in [0.4, 0.5) is 19.0 Å². The van der Waals surface area contributed by atoms with Crippen LogP contribution in [-0.4, -0.2) is 27.0 Å². The molecule has 0 aliphatic carbocycles. The van der Waals surface area contributed by atoms with Crippen LogP contribution in [0.2, 0.25) is 0 Å². The predicted molar refractivity (Wildman–Crippen MR) is 82.4 cm³/mol. The van der Waals surface area contributed by atoms with E-state index >= 15 is 0 Å². The number of aromatic nitrogens is 2. The van der Waals surface area contributed by atoms with Crippen molar-refractivity contribution in [2.75, 3.05) is 12.3 Å². The second-order valence-corrected chi connectivity index (χ2v) is 5.73. The van der Waals surface area contributed by atoms with E-state index in [1.807, 2.05) is 0 Å². The van der Waals surface area contributed by atoms with Crippen molar-refractivity contribution in [3.05, 3.63) is 34.4 Å². The maximum atomic E-state index is 13.0. The zero-order valence-corrected chi connectivity index (χ0v) is 13.1. The van der Waals surface area contributed by atoms with Gasteiger partial charge in [0.2, 0.25) is 0 Å². The monoisotopic (exact) mass is 355 g/mol. The molecule has 1 aromatic carbocycles. The van der Waals surface area contributed by atoms with Gasteiger partial charge in [0.25, 0.3) is 0 Å². The third-order valence-electron chi connectivity index (χ3n) is 4.11. The highest BCUT2D eigenvalue weighted by atomic mass is 19.4. The van der Waals surface area contributed by atoms with Crippen LogP contribution in [-0.2, 0) is 30.5 Å². The molecule has 2 aromatic rings. The molecular weight excluding hydrogens is 339 g/mol. The molecule has 25 heavy (non-hydrogen) atoms. The van der Waals surface area contributed by atoms with Crippen molar-refractivity contribution in [2.45, 2.75) is 32.2 Å². The van der Waals surface area contributed by atoms with Crippen LogP contribution in [0.15, 0.2) is 12.1 Å². The third-order valence-corrected chi connectivity index (χ3v) is 4.11. The van der Waals surface area contributed by atoms with Gasteiger partial charge in [0.05, 0.1) is 18.8 Å². The average molecular weight is 355 g/mol. The second-order valence-electron chi connectivity index (χ2n) is 5.73. The number of ether oxygens (including phenoxy) is 1. The van der Waals surface area contributed by atoms with Crippen LogP contribution in [0.5, 0.6) is 5.75 Å². The largest absolute Gasteiger partial charge is 0.507 e. The Morgan fingerprint density at radius 3 is 2.68 bits per heavy atom. The zero-order valence-electron chi connectivity index (χ0n) is 13.1. The molecule has 3 rings (SSSR count). The van der Waals surface area contributed by atoms with E-state index in [9.17, 15) is 23.4 Å². The lowest BCUT2D eigenvalue weighted by Gasteiger charge is -2.17. The predicted octanol–water partition coefficient (Wildman–Crippen LogP) is 2.41. The van der Waals surface area contributed by atoms with Gasteiger partial charge in [-0.3, -0.25) is 0 Å². The Morgan fingerprint density at radius 1 is 1.24 bits per heavy atom. The number of anilines is 1. The molecule has 6 nitrogen and oxygen atoms in total. The highest BCUT2D eigenvalue weighted by Crippen LogP contribution is 2.41. The van der Waals surface area contributed by atoms with Gasteiger partial charge in [-0.2, -0.15) is 13.2 Å². The van der Waals surface area contributed by atoms with Crippen LogP contribution < -0.4 is 5.73 Å². The number of benzene rings is 1. The fraction of sp³-hybridized carbons (Fsp3) is 0.375. The highest BCUT2D eigenvalue weighted by Gasteiger charge is 2.33. The maximum Gasteiger partial charge on any atom is 0.416 e. The van der Waals surface area contributed by atoms with E-state index < -0.39 is 17.5 Å². The Morgan fingerprint density at radius 2 is 2.00 bits per heavy atom. The van der Waals surface area contributed by atoms with Gasteiger partial charge >= 0.3 is 6.18 Å². The van der Waals surface area contributed by atoms with Gasteiger partial charge < -0.3 is 20.7 Å².